The molecule has 1 fully saturated rings. The van der Waals surface area contributed by atoms with Crippen molar-refractivity contribution in [2.24, 2.45) is 11.3 Å². The Morgan fingerprint density at radius 3 is 2.53 bits per heavy atom. The molecule has 2 unspecified atom stereocenters. The van der Waals surface area contributed by atoms with Crippen LogP contribution in [0, 0.1) is 11.3 Å². The van der Waals surface area contributed by atoms with Crippen molar-refractivity contribution in [2.45, 2.75) is 40.2 Å². The monoisotopic (exact) mass is 260 g/mol. The van der Waals surface area contributed by atoms with Gasteiger partial charge in [-0.15, -0.1) is 0 Å². The molecule has 1 aromatic carbocycles. The van der Waals surface area contributed by atoms with Gasteiger partial charge in [0.2, 0.25) is 0 Å². The molecule has 19 heavy (non-hydrogen) atoms. The second-order valence-corrected chi connectivity index (χ2v) is 6.87. The highest BCUT2D eigenvalue weighted by Gasteiger charge is 2.32. The van der Waals surface area contributed by atoms with Crippen LogP contribution in [-0.2, 0) is 0 Å². The first-order valence-electron chi connectivity index (χ1n) is 7.44. The number of nitrogens with zero attached hydrogens (tertiary/aromatic N) is 1. The molecule has 1 aliphatic heterocycles. The SMILES string of the molecule is CNC(C)c1ccccc1N1CCC(C(C)(C)C)C1. The summed E-state index contributed by atoms with van der Waals surface area (Å²) >= 11 is 0. The molecule has 1 aromatic rings. The Hall–Kier alpha value is -1.02. The first-order chi connectivity index (χ1) is 8.93. The fraction of sp³-hybridized carbons (Fsp3) is 0.647. The van der Waals surface area contributed by atoms with Gasteiger partial charge in [0.05, 0.1) is 0 Å². The summed E-state index contributed by atoms with van der Waals surface area (Å²) in [6, 6.07) is 9.23. The van der Waals surface area contributed by atoms with Gasteiger partial charge in [-0.05, 0) is 43.4 Å². The molecular weight excluding hydrogens is 232 g/mol. The van der Waals surface area contributed by atoms with Crippen molar-refractivity contribution in [1.29, 1.82) is 0 Å². The van der Waals surface area contributed by atoms with E-state index in [-0.39, 0.29) is 0 Å². The van der Waals surface area contributed by atoms with Gasteiger partial charge in [0.25, 0.3) is 0 Å². The predicted octanol–water partition coefficient (Wildman–Crippen LogP) is 3.84. The van der Waals surface area contributed by atoms with Gasteiger partial charge in [-0.2, -0.15) is 0 Å². The highest BCUT2D eigenvalue weighted by atomic mass is 15.2. The molecule has 0 aromatic heterocycles. The quantitative estimate of drug-likeness (QED) is 0.888. The molecule has 2 atom stereocenters. The molecule has 2 nitrogen and oxygen atoms in total. The predicted molar refractivity (Wildman–Crippen MR) is 83.7 cm³/mol. The number of hydrogen-bond acceptors (Lipinski definition) is 2. The lowest BCUT2D eigenvalue weighted by atomic mass is 9.80. The van der Waals surface area contributed by atoms with Gasteiger partial charge in [-0.1, -0.05) is 39.0 Å². The zero-order valence-electron chi connectivity index (χ0n) is 13.0. The van der Waals surface area contributed by atoms with Crippen LogP contribution in [-0.4, -0.2) is 20.1 Å². The molecule has 1 saturated heterocycles. The lowest BCUT2D eigenvalue weighted by Crippen LogP contribution is -2.27. The maximum Gasteiger partial charge on any atom is 0.0414 e. The Bertz CT molecular complexity index is 420. The fourth-order valence-corrected chi connectivity index (χ4v) is 2.98. The third-order valence-electron chi connectivity index (χ3n) is 4.59. The molecule has 0 radical (unpaired) electrons. The summed E-state index contributed by atoms with van der Waals surface area (Å²) in [5.41, 5.74) is 3.24. The van der Waals surface area contributed by atoms with Crippen LogP contribution < -0.4 is 10.2 Å². The minimum atomic E-state index is 0.407. The van der Waals surface area contributed by atoms with E-state index in [1.165, 1.54) is 30.8 Å². The summed E-state index contributed by atoms with van der Waals surface area (Å²) in [6.07, 6.45) is 1.31. The van der Waals surface area contributed by atoms with Gasteiger partial charge in [-0.3, -0.25) is 0 Å². The summed E-state index contributed by atoms with van der Waals surface area (Å²) in [7, 11) is 2.03. The lowest BCUT2D eigenvalue weighted by Gasteiger charge is -2.29. The third-order valence-corrected chi connectivity index (χ3v) is 4.59. The first-order valence-corrected chi connectivity index (χ1v) is 7.44. The van der Waals surface area contributed by atoms with E-state index in [4.69, 9.17) is 0 Å². The number of anilines is 1. The molecule has 0 aliphatic carbocycles. The standard InChI is InChI=1S/C17H28N2/c1-13(18-5)15-8-6-7-9-16(15)19-11-10-14(12-19)17(2,3)4/h6-9,13-14,18H,10-12H2,1-5H3. The maximum absolute atomic E-state index is 3.36. The molecule has 0 spiro atoms. The molecule has 1 heterocycles. The van der Waals surface area contributed by atoms with Crippen LogP contribution in [0.5, 0.6) is 0 Å². The fourth-order valence-electron chi connectivity index (χ4n) is 2.98. The van der Waals surface area contributed by atoms with Crippen LogP contribution >= 0.6 is 0 Å². The third kappa shape index (κ3) is 3.11. The number of nitrogens with one attached hydrogen (secondary N) is 1. The Balaban J connectivity index is 2.20. The second-order valence-electron chi connectivity index (χ2n) is 6.87. The average Bonchev–Trinajstić information content (AvgIpc) is 2.87. The Kier molecular flexibility index (Phi) is 4.19. The zero-order valence-corrected chi connectivity index (χ0v) is 13.0. The van der Waals surface area contributed by atoms with Crippen molar-refractivity contribution in [2.75, 3.05) is 25.0 Å². The van der Waals surface area contributed by atoms with Gasteiger partial charge in [0.1, 0.15) is 0 Å². The summed E-state index contributed by atoms with van der Waals surface area (Å²) in [4.78, 5) is 2.57. The van der Waals surface area contributed by atoms with Crippen molar-refractivity contribution >= 4 is 5.69 Å². The Labute approximate surface area is 118 Å². The molecule has 1 N–H and O–H groups in total. The smallest absolute Gasteiger partial charge is 0.0414 e. The number of para-hydroxylation sites is 1. The van der Waals surface area contributed by atoms with Gasteiger partial charge in [-0.25, -0.2) is 0 Å². The van der Waals surface area contributed by atoms with Gasteiger partial charge >= 0.3 is 0 Å². The summed E-state index contributed by atoms with van der Waals surface area (Å²) in [5, 5.41) is 3.36. The van der Waals surface area contributed by atoms with Crippen LogP contribution in [0.15, 0.2) is 24.3 Å². The Morgan fingerprint density at radius 1 is 1.26 bits per heavy atom. The normalized spacial score (nSPS) is 21.7. The van der Waals surface area contributed by atoms with Crippen LogP contribution in [0.1, 0.15) is 45.7 Å². The van der Waals surface area contributed by atoms with Crippen molar-refractivity contribution in [3.05, 3.63) is 29.8 Å². The van der Waals surface area contributed by atoms with E-state index in [9.17, 15) is 0 Å². The van der Waals surface area contributed by atoms with Crippen molar-refractivity contribution in [3.8, 4) is 0 Å². The number of hydrogen-bond donors (Lipinski definition) is 1. The van der Waals surface area contributed by atoms with Crippen LogP contribution in [0.4, 0.5) is 5.69 Å². The molecule has 2 heteroatoms. The summed E-state index contributed by atoms with van der Waals surface area (Å²) < 4.78 is 0. The van der Waals surface area contributed by atoms with Crippen molar-refractivity contribution in [3.63, 3.8) is 0 Å². The van der Waals surface area contributed by atoms with E-state index in [1.807, 2.05) is 7.05 Å². The number of benzene rings is 1. The van der Waals surface area contributed by atoms with E-state index < -0.39 is 0 Å². The van der Waals surface area contributed by atoms with Crippen LogP contribution in [0.2, 0.25) is 0 Å². The largest absolute Gasteiger partial charge is 0.371 e. The van der Waals surface area contributed by atoms with E-state index >= 15 is 0 Å². The second kappa shape index (κ2) is 5.54. The maximum atomic E-state index is 3.36. The molecule has 0 amide bonds. The first kappa shape index (κ1) is 14.4. The molecule has 0 bridgehead atoms. The van der Waals surface area contributed by atoms with Gasteiger partial charge in [0.15, 0.2) is 0 Å². The highest BCUT2D eigenvalue weighted by Crippen LogP contribution is 2.37. The van der Waals surface area contributed by atoms with Gasteiger partial charge in [0, 0.05) is 24.8 Å². The Morgan fingerprint density at radius 2 is 1.95 bits per heavy atom. The van der Waals surface area contributed by atoms with E-state index in [1.54, 1.807) is 0 Å². The van der Waals surface area contributed by atoms with Crippen molar-refractivity contribution < 1.29 is 0 Å². The lowest BCUT2D eigenvalue weighted by molar-refractivity contribution is 0.263. The van der Waals surface area contributed by atoms with Crippen LogP contribution in [0.25, 0.3) is 0 Å². The topological polar surface area (TPSA) is 15.3 Å². The molecule has 106 valence electrons. The number of rotatable bonds is 3. The molecule has 1 aliphatic rings. The zero-order chi connectivity index (χ0) is 14.0. The average molecular weight is 260 g/mol. The molecule has 0 saturated carbocycles. The minimum absolute atomic E-state index is 0.407. The summed E-state index contributed by atoms with van der Waals surface area (Å²) in [5.74, 6) is 0.797. The van der Waals surface area contributed by atoms with Crippen LogP contribution in [0.3, 0.4) is 0 Å². The minimum Gasteiger partial charge on any atom is -0.371 e. The van der Waals surface area contributed by atoms with E-state index in [0.717, 1.165) is 5.92 Å². The van der Waals surface area contributed by atoms with Gasteiger partial charge < -0.3 is 10.2 Å². The highest BCUT2D eigenvalue weighted by molar-refractivity contribution is 5.55. The van der Waals surface area contributed by atoms with E-state index in [2.05, 4.69) is 62.2 Å². The van der Waals surface area contributed by atoms with Crippen molar-refractivity contribution in [1.82, 2.24) is 5.32 Å². The molecular formula is C17H28N2. The summed E-state index contributed by atoms with van der Waals surface area (Å²) in [6.45, 7) is 11.7. The molecule has 2 rings (SSSR count). The van der Waals surface area contributed by atoms with E-state index in [0.29, 0.717) is 11.5 Å².